The molecule has 0 radical (unpaired) electrons. The number of methoxy groups -OCH3 is 2. The van der Waals surface area contributed by atoms with Gasteiger partial charge in [-0.15, -0.1) is 12.4 Å². The number of nitrogens with zero attached hydrogens (tertiary/aromatic N) is 1. The maximum atomic E-state index is 12.7. The van der Waals surface area contributed by atoms with Gasteiger partial charge in [0.2, 0.25) is 0 Å². The quantitative estimate of drug-likeness (QED) is 0.926. The molecule has 1 aromatic rings. The summed E-state index contributed by atoms with van der Waals surface area (Å²) in [6.45, 7) is 5.56. The minimum absolute atomic E-state index is 0. The van der Waals surface area contributed by atoms with Gasteiger partial charge in [-0.3, -0.25) is 4.79 Å². The number of benzene rings is 1. The fourth-order valence-corrected chi connectivity index (χ4v) is 2.64. The second-order valence-corrected chi connectivity index (χ2v) is 5.25. The molecule has 1 saturated heterocycles. The Kier molecular flexibility index (Phi) is 6.30. The van der Waals surface area contributed by atoms with Gasteiger partial charge in [0.05, 0.1) is 19.8 Å². The Balaban J connectivity index is 0.00000220. The third kappa shape index (κ3) is 4.02. The molecule has 1 aromatic carbocycles. The predicted molar refractivity (Wildman–Crippen MR) is 84.8 cm³/mol. The molecule has 0 saturated carbocycles. The summed E-state index contributed by atoms with van der Waals surface area (Å²) in [6, 6.07) is 5.87. The highest BCUT2D eigenvalue weighted by Gasteiger charge is 2.27. The van der Waals surface area contributed by atoms with Crippen molar-refractivity contribution in [3.05, 3.63) is 23.8 Å². The Morgan fingerprint density at radius 3 is 2.33 bits per heavy atom. The van der Waals surface area contributed by atoms with E-state index < -0.39 is 0 Å². The lowest BCUT2D eigenvalue weighted by atomic mass is 10.1. The fourth-order valence-electron chi connectivity index (χ4n) is 2.64. The zero-order chi connectivity index (χ0) is 14.7. The van der Waals surface area contributed by atoms with Crippen LogP contribution < -0.4 is 14.8 Å². The highest BCUT2D eigenvalue weighted by Crippen LogP contribution is 2.25. The van der Waals surface area contributed by atoms with Gasteiger partial charge in [0, 0.05) is 25.2 Å². The van der Waals surface area contributed by atoms with Crippen molar-refractivity contribution in [3.8, 4) is 11.5 Å². The second-order valence-electron chi connectivity index (χ2n) is 5.25. The van der Waals surface area contributed by atoms with E-state index in [9.17, 15) is 4.79 Å². The third-order valence-electron chi connectivity index (χ3n) is 3.48. The molecule has 2 rings (SSSR count). The van der Waals surface area contributed by atoms with Gasteiger partial charge in [-0.05, 0) is 32.0 Å². The largest absolute Gasteiger partial charge is 0.497 e. The maximum absolute atomic E-state index is 12.7. The summed E-state index contributed by atoms with van der Waals surface area (Å²) in [4.78, 5) is 14.6. The van der Waals surface area contributed by atoms with Crippen molar-refractivity contribution in [3.63, 3.8) is 0 Å². The molecule has 21 heavy (non-hydrogen) atoms. The normalized spacial score (nSPS) is 21.4. The van der Waals surface area contributed by atoms with Crippen LogP contribution >= 0.6 is 12.4 Å². The molecule has 1 amide bonds. The van der Waals surface area contributed by atoms with Crippen LogP contribution in [0, 0.1) is 0 Å². The number of nitrogens with one attached hydrogen (secondary N) is 1. The van der Waals surface area contributed by atoms with Crippen LogP contribution in [0.25, 0.3) is 0 Å². The van der Waals surface area contributed by atoms with E-state index in [1.165, 1.54) is 0 Å². The van der Waals surface area contributed by atoms with Crippen LogP contribution in [0.4, 0.5) is 0 Å². The molecule has 1 heterocycles. The molecule has 1 N–H and O–H groups in total. The molecule has 0 aromatic heterocycles. The van der Waals surface area contributed by atoms with Crippen LogP contribution in [-0.4, -0.2) is 50.2 Å². The monoisotopic (exact) mass is 314 g/mol. The summed E-state index contributed by atoms with van der Waals surface area (Å²) < 4.78 is 10.5. The number of rotatable bonds is 3. The number of amides is 1. The maximum Gasteiger partial charge on any atom is 0.257 e. The van der Waals surface area contributed by atoms with Crippen molar-refractivity contribution in [2.24, 2.45) is 0 Å². The molecule has 0 aliphatic carbocycles. The molecule has 0 bridgehead atoms. The van der Waals surface area contributed by atoms with E-state index in [1.54, 1.807) is 32.4 Å². The molecular formula is C15H23ClN2O3. The number of halogens is 1. The van der Waals surface area contributed by atoms with Gasteiger partial charge in [-0.25, -0.2) is 0 Å². The first kappa shape index (κ1) is 17.6. The van der Waals surface area contributed by atoms with Crippen molar-refractivity contribution in [1.29, 1.82) is 0 Å². The van der Waals surface area contributed by atoms with Gasteiger partial charge in [0.25, 0.3) is 5.91 Å². The zero-order valence-electron chi connectivity index (χ0n) is 12.9. The van der Waals surface area contributed by atoms with Gasteiger partial charge >= 0.3 is 0 Å². The molecule has 1 fully saturated rings. The third-order valence-corrected chi connectivity index (χ3v) is 3.48. The summed E-state index contributed by atoms with van der Waals surface area (Å²) >= 11 is 0. The van der Waals surface area contributed by atoms with E-state index in [4.69, 9.17) is 9.47 Å². The van der Waals surface area contributed by atoms with Crippen molar-refractivity contribution in [1.82, 2.24) is 10.2 Å². The second kappa shape index (κ2) is 7.52. The Bertz CT molecular complexity index is 486. The number of piperazine rings is 1. The first-order chi connectivity index (χ1) is 9.55. The Morgan fingerprint density at radius 2 is 1.81 bits per heavy atom. The van der Waals surface area contributed by atoms with Crippen LogP contribution in [0.5, 0.6) is 11.5 Å². The molecule has 2 atom stereocenters. The molecule has 1 aliphatic rings. The van der Waals surface area contributed by atoms with Crippen LogP contribution in [0.3, 0.4) is 0 Å². The van der Waals surface area contributed by atoms with Crippen LogP contribution in [0.1, 0.15) is 24.2 Å². The van der Waals surface area contributed by atoms with E-state index in [-0.39, 0.29) is 18.3 Å². The summed E-state index contributed by atoms with van der Waals surface area (Å²) in [5.74, 6) is 1.22. The summed E-state index contributed by atoms with van der Waals surface area (Å²) in [6.07, 6.45) is 0. The Morgan fingerprint density at radius 1 is 1.19 bits per heavy atom. The van der Waals surface area contributed by atoms with Crippen molar-refractivity contribution in [2.45, 2.75) is 25.9 Å². The molecule has 5 nitrogen and oxygen atoms in total. The average Bonchev–Trinajstić information content (AvgIpc) is 2.44. The Hall–Kier alpha value is -1.46. The van der Waals surface area contributed by atoms with Gasteiger partial charge in [-0.2, -0.15) is 0 Å². The topological polar surface area (TPSA) is 50.8 Å². The van der Waals surface area contributed by atoms with Crippen molar-refractivity contribution >= 4 is 18.3 Å². The summed E-state index contributed by atoms with van der Waals surface area (Å²) in [5.41, 5.74) is 0.549. The SMILES string of the molecule is COc1ccc(OC)c(C(=O)N2CC(C)NC(C)C2)c1.Cl. The highest BCUT2D eigenvalue weighted by molar-refractivity contribution is 5.97. The van der Waals surface area contributed by atoms with Gasteiger partial charge in [-0.1, -0.05) is 0 Å². The standard InChI is InChI=1S/C15H22N2O3.ClH/c1-10-8-17(9-11(2)16-10)15(18)13-7-12(19-3)5-6-14(13)20-4;/h5-7,10-11,16H,8-9H2,1-4H3;1H. The number of carbonyl (C=O) groups is 1. The Labute approximate surface area is 132 Å². The van der Waals surface area contributed by atoms with E-state index >= 15 is 0 Å². The van der Waals surface area contributed by atoms with Gasteiger partial charge in [0.15, 0.2) is 0 Å². The molecule has 6 heteroatoms. The van der Waals surface area contributed by atoms with Crippen LogP contribution in [0.2, 0.25) is 0 Å². The van der Waals surface area contributed by atoms with E-state index in [2.05, 4.69) is 19.2 Å². The zero-order valence-corrected chi connectivity index (χ0v) is 13.7. The van der Waals surface area contributed by atoms with Crippen LogP contribution in [0.15, 0.2) is 18.2 Å². The summed E-state index contributed by atoms with van der Waals surface area (Å²) in [7, 11) is 3.16. The summed E-state index contributed by atoms with van der Waals surface area (Å²) in [5, 5.41) is 3.42. The lowest BCUT2D eigenvalue weighted by Crippen LogP contribution is -2.55. The van der Waals surface area contributed by atoms with Crippen molar-refractivity contribution < 1.29 is 14.3 Å². The lowest BCUT2D eigenvalue weighted by molar-refractivity contribution is 0.0670. The minimum atomic E-state index is -0.0130. The molecule has 1 aliphatic heterocycles. The average molecular weight is 315 g/mol. The predicted octanol–water partition coefficient (Wildman–Crippen LogP) is 1.95. The number of ether oxygens (including phenoxy) is 2. The highest BCUT2D eigenvalue weighted by atomic mass is 35.5. The fraction of sp³-hybridized carbons (Fsp3) is 0.533. The van der Waals surface area contributed by atoms with Crippen molar-refractivity contribution in [2.75, 3.05) is 27.3 Å². The van der Waals surface area contributed by atoms with Crippen LogP contribution in [-0.2, 0) is 0 Å². The minimum Gasteiger partial charge on any atom is -0.497 e. The van der Waals surface area contributed by atoms with E-state index in [0.717, 1.165) is 0 Å². The van der Waals surface area contributed by atoms with Gasteiger partial charge < -0.3 is 19.7 Å². The lowest BCUT2D eigenvalue weighted by Gasteiger charge is -2.36. The molecule has 2 unspecified atom stereocenters. The smallest absolute Gasteiger partial charge is 0.257 e. The first-order valence-electron chi connectivity index (χ1n) is 6.82. The first-order valence-corrected chi connectivity index (χ1v) is 6.82. The van der Waals surface area contributed by atoms with E-state index in [1.807, 2.05) is 4.90 Å². The molecule has 0 spiro atoms. The number of hydrogen-bond acceptors (Lipinski definition) is 4. The number of carbonyl (C=O) groups excluding carboxylic acids is 1. The van der Waals surface area contributed by atoms with Gasteiger partial charge in [0.1, 0.15) is 11.5 Å². The number of hydrogen-bond donors (Lipinski definition) is 1. The van der Waals surface area contributed by atoms with E-state index in [0.29, 0.717) is 42.2 Å². The molecule has 118 valence electrons. The molecular weight excluding hydrogens is 292 g/mol.